The Kier molecular flexibility index (Phi) is 5.36. The number of esters is 1. The molecule has 1 aromatic carbocycles. The fraction of sp³-hybridized carbons (Fsp3) is 0.316. The summed E-state index contributed by atoms with van der Waals surface area (Å²) in [5.74, 6) is -0.301. The van der Waals surface area contributed by atoms with Crippen LogP contribution in [0.1, 0.15) is 35.9 Å². The molecule has 1 aliphatic rings. The first-order valence-corrected chi connectivity index (χ1v) is 8.46. The molecule has 2 amide bonds. The largest absolute Gasteiger partial charge is 0.467 e. The molecule has 2 aromatic rings. The van der Waals surface area contributed by atoms with Gasteiger partial charge in [0.05, 0.1) is 18.4 Å². The van der Waals surface area contributed by atoms with Crippen LogP contribution in [0, 0.1) is 0 Å². The molecule has 7 heteroatoms. The van der Waals surface area contributed by atoms with E-state index < -0.39 is 18.0 Å². The summed E-state index contributed by atoms with van der Waals surface area (Å²) in [4.78, 5) is 37.6. The van der Waals surface area contributed by atoms with E-state index in [0.29, 0.717) is 24.3 Å². The number of ether oxygens (including phenoxy) is 1. The number of benzene rings is 1. The van der Waals surface area contributed by atoms with Crippen LogP contribution in [0.25, 0.3) is 0 Å². The van der Waals surface area contributed by atoms with Crippen LogP contribution in [0.15, 0.2) is 47.1 Å². The van der Waals surface area contributed by atoms with Crippen LogP contribution in [-0.2, 0) is 20.9 Å². The molecule has 0 bridgehead atoms. The van der Waals surface area contributed by atoms with Gasteiger partial charge >= 0.3 is 5.97 Å². The number of rotatable bonds is 6. The van der Waals surface area contributed by atoms with Gasteiger partial charge in [0.15, 0.2) is 6.10 Å². The molecule has 1 atom stereocenters. The van der Waals surface area contributed by atoms with Crippen LogP contribution in [0.3, 0.4) is 0 Å². The first kappa shape index (κ1) is 17.7. The fourth-order valence-corrected chi connectivity index (χ4v) is 2.71. The summed E-state index contributed by atoms with van der Waals surface area (Å²) >= 11 is 0. The van der Waals surface area contributed by atoms with Gasteiger partial charge in [-0.15, -0.1) is 0 Å². The summed E-state index contributed by atoms with van der Waals surface area (Å²) in [6, 6.07) is 10.1. The highest BCUT2D eigenvalue weighted by atomic mass is 16.5. The molecule has 1 aliphatic heterocycles. The second kappa shape index (κ2) is 7.86. The maximum atomic E-state index is 12.2. The van der Waals surface area contributed by atoms with Crippen molar-refractivity contribution in [2.45, 2.75) is 32.4 Å². The van der Waals surface area contributed by atoms with Gasteiger partial charge < -0.3 is 19.4 Å². The van der Waals surface area contributed by atoms with Gasteiger partial charge in [-0.25, -0.2) is 4.79 Å². The number of nitrogens with one attached hydrogen (secondary N) is 1. The minimum atomic E-state index is -0.933. The second-order valence-corrected chi connectivity index (χ2v) is 6.04. The number of carbonyl (C=O) groups excluding carboxylic acids is 3. The van der Waals surface area contributed by atoms with Crippen LogP contribution in [0.4, 0.5) is 5.69 Å². The van der Waals surface area contributed by atoms with E-state index in [0.717, 1.165) is 12.1 Å². The predicted molar refractivity (Wildman–Crippen MR) is 93.5 cm³/mol. The molecule has 1 saturated heterocycles. The number of furan rings is 1. The van der Waals surface area contributed by atoms with E-state index in [4.69, 9.17) is 9.15 Å². The van der Waals surface area contributed by atoms with E-state index in [9.17, 15) is 14.4 Å². The molecule has 1 N–H and O–H groups in total. The zero-order chi connectivity index (χ0) is 18.5. The van der Waals surface area contributed by atoms with Gasteiger partial charge in [0.25, 0.3) is 5.91 Å². The lowest BCUT2D eigenvalue weighted by Gasteiger charge is -2.16. The van der Waals surface area contributed by atoms with Crippen molar-refractivity contribution < 1.29 is 23.5 Å². The molecule has 0 radical (unpaired) electrons. The number of anilines is 1. The van der Waals surface area contributed by atoms with Crippen molar-refractivity contribution in [2.75, 3.05) is 11.4 Å². The van der Waals surface area contributed by atoms with Crippen molar-refractivity contribution in [3.63, 3.8) is 0 Å². The molecule has 0 unspecified atom stereocenters. The first-order chi connectivity index (χ1) is 12.5. The SMILES string of the molecule is C[C@@H](OC(=O)c1ccc(N2CCCC2=O)cc1)C(=O)NCc1ccco1. The Labute approximate surface area is 150 Å². The van der Waals surface area contributed by atoms with E-state index in [2.05, 4.69) is 5.32 Å². The third-order valence-corrected chi connectivity index (χ3v) is 4.16. The minimum Gasteiger partial charge on any atom is -0.467 e. The van der Waals surface area contributed by atoms with Crippen molar-refractivity contribution in [3.8, 4) is 0 Å². The zero-order valence-corrected chi connectivity index (χ0v) is 14.4. The maximum absolute atomic E-state index is 12.2. The molecule has 2 heterocycles. The van der Waals surface area contributed by atoms with E-state index in [1.54, 1.807) is 41.3 Å². The standard InChI is InChI=1S/C19H20N2O5/c1-13(18(23)20-12-16-4-3-11-25-16)26-19(24)14-6-8-15(9-7-14)21-10-2-5-17(21)22/h3-4,6-9,11,13H,2,5,10,12H2,1H3,(H,20,23)/t13-/m1/s1. The van der Waals surface area contributed by atoms with E-state index in [1.807, 2.05) is 0 Å². The topological polar surface area (TPSA) is 88.8 Å². The van der Waals surface area contributed by atoms with Crippen LogP contribution >= 0.6 is 0 Å². The molecule has 1 fully saturated rings. The van der Waals surface area contributed by atoms with Crippen molar-refractivity contribution in [2.24, 2.45) is 0 Å². The fourth-order valence-electron chi connectivity index (χ4n) is 2.71. The Bertz CT molecular complexity index is 783. The van der Waals surface area contributed by atoms with Crippen molar-refractivity contribution in [1.29, 1.82) is 0 Å². The molecule has 0 aliphatic carbocycles. The number of hydrogen-bond donors (Lipinski definition) is 1. The van der Waals surface area contributed by atoms with Crippen LogP contribution < -0.4 is 10.2 Å². The molecule has 3 rings (SSSR count). The predicted octanol–water partition coefficient (Wildman–Crippen LogP) is 2.27. The number of nitrogens with zero attached hydrogens (tertiary/aromatic N) is 1. The lowest BCUT2D eigenvalue weighted by Crippen LogP contribution is -2.35. The minimum absolute atomic E-state index is 0.0853. The normalized spacial score (nSPS) is 15.0. The Morgan fingerprint density at radius 2 is 2.04 bits per heavy atom. The molecule has 0 spiro atoms. The van der Waals surface area contributed by atoms with Crippen molar-refractivity contribution in [1.82, 2.24) is 5.32 Å². The molecule has 1 aromatic heterocycles. The van der Waals surface area contributed by atoms with E-state index in [1.165, 1.54) is 13.2 Å². The van der Waals surface area contributed by atoms with Gasteiger partial charge in [-0.1, -0.05) is 0 Å². The maximum Gasteiger partial charge on any atom is 0.338 e. The summed E-state index contributed by atoms with van der Waals surface area (Å²) in [6.45, 7) is 2.43. The van der Waals surface area contributed by atoms with Crippen molar-refractivity contribution >= 4 is 23.5 Å². The van der Waals surface area contributed by atoms with Crippen LogP contribution in [0.2, 0.25) is 0 Å². The average Bonchev–Trinajstić information content (AvgIpc) is 3.31. The van der Waals surface area contributed by atoms with Gasteiger partial charge in [0, 0.05) is 18.7 Å². The Balaban J connectivity index is 1.53. The second-order valence-electron chi connectivity index (χ2n) is 6.04. The highest BCUT2D eigenvalue weighted by Crippen LogP contribution is 2.21. The van der Waals surface area contributed by atoms with Crippen LogP contribution in [0.5, 0.6) is 0 Å². The van der Waals surface area contributed by atoms with E-state index >= 15 is 0 Å². The third kappa shape index (κ3) is 4.11. The highest BCUT2D eigenvalue weighted by molar-refractivity contribution is 5.96. The first-order valence-electron chi connectivity index (χ1n) is 8.46. The quantitative estimate of drug-likeness (QED) is 0.802. The average molecular weight is 356 g/mol. The van der Waals surface area contributed by atoms with Gasteiger partial charge in [-0.3, -0.25) is 9.59 Å². The summed E-state index contributed by atoms with van der Waals surface area (Å²) < 4.78 is 10.3. The lowest BCUT2D eigenvalue weighted by molar-refractivity contribution is -0.129. The van der Waals surface area contributed by atoms with Gasteiger partial charge in [0.2, 0.25) is 5.91 Å². The molecular formula is C19H20N2O5. The summed E-state index contributed by atoms with van der Waals surface area (Å²) in [6.07, 6.45) is 1.98. The summed E-state index contributed by atoms with van der Waals surface area (Å²) in [5.41, 5.74) is 1.08. The molecule has 136 valence electrons. The van der Waals surface area contributed by atoms with E-state index in [-0.39, 0.29) is 12.5 Å². The summed E-state index contributed by atoms with van der Waals surface area (Å²) in [5, 5.41) is 2.64. The lowest BCUT2D eigenvalue weighted by atomic mass is 10.2. The van der Waals surface area contributed by atoms with Crippen molar-refractivity contribution in [3.05, 3.63) is 54.0 Å². The van der Waals surface area contributed by atoms with Gasteiger partial charge in [0.1, 0.15) is 5.76 Å². The summed E-state index contributed by atoms with van der Waals surface area (Å²) in [7, 11) is 0. The molecule has 7 nitrogen and oxygen atoms in total. The Morgan fingerprint density at radius 1 is 1.27 bits per heavy atom. The Morgan fingerprint density at radius 3 is 2.65 bits per heavy atom. The number of hydrogen-bond acceptors (Lipinski definition) is 5. The van der Waals surface area contributed by atoms with Gasteiger partial charge in [-0.05, 0) is 49.7 Å². The zero-order valence-electron chi connectivity index (χ0n) is 14.4. The number of carbonyl (C=O) groups is 3. The highest BCUT2D eigenvalue weighted by Gasteiger charge is 2.23. The Hall–Kier alpha value is -3.09. The number of amides is 2. The molecule has 26 heavy (non-hydrogen) atoms. The third-order valence-electron chi connectivity index (χ3n) is 4.16. The smallest absolute Gasteiger partial charge is 0.338 e. The van der Waals surface area contributed by atoms with Crippen LogP contribution in [-0.4, -0.2) is 30.4 Å². The molecular weight excluding hydrogens is 336 g/mol. The molecule has 0 saturated carbocycles. The monoisotopic (exact) mass is 356 g/mol. The van der Waals surface area contributed by atoms with Gasteiger partial charge in [-0.2, -0.15) is 0 Å².